The Bertz CT molecular complexity index is 1110. The highest BCUT2D eigenvalue weighted by atomic mass is 32.2. The van der Waals surface area contributed by atoms with Crippen molar-refractivity contribution in [2.45, 2.75) is 19.4 Å². The van der Waals surface area contributed by atoms with Gasteiger partial charge in [-0.1, -0.05) is 30.3 Å². The molecule has 1 aliphatic rings. The molecule has 2 heterocycles. The second kappa shape index (κ2) is 8.08. The molecule has 0 radical (unpaired) electrons. The van der Waals surface area contributed by atoms with E-state index in [4.69, 9.17) is 9.47 Å². The van der Waals surface area contributed by atoms with Gasteiger partial charge in [0.05, 0.1) is 18.4 Å². The van der Waals surface area contributed by atoms with Crippen LogP contribution in [0.15, 0.2) is 54.7 Å². The molecule has 3 aromatic rings. The Morgan fingerprint density at radius 1 is 1.07 bits per heavy atom. The zero-order valence-corrected chi connectivity index (χ0v) is 17.6. The van der Waals surface area contributed by atoms with E-state index in [-0.39, 0.29) is 11.9 Å². The molecule has 29 heavy (non-hydrogen) atoms. The second-order valence-corrected chi connectivity index (χ2v) is 9.39. The van der Waals surface area contributed by atoms with Gasteiger partial charge in [0.15, 0.2) is 11.5 Å². The number of rotatable bonds is 7. The highest BCUT2D eigenvalue weighted by Crippen LogP contribution is 2.29. The standard InChI is InChI=1S/C22H26N2O4S/c1-17-15-24(20-8-4-3-7-19(17)20)29(25,26)14-13-23-12-11-18(16-23)28-22-10-6-5-9-21(22)27-2/h3-10,15,18H,11-14,16H2,1-2H3. The Hall–Kier alpha value is -2.51. The molecule has 0 aliphatic carbocycles. The fraction of sp³-hybridized carbons (Fsp3) is 0.364. The minimum absolute atomic E-state index is 0.0312. The fourth-order valence-corrected chi connectivity index (χ4v) is 5.34. The average molecular weight is 415 g/mol. The van der Waals surface area contributed by atoms with Crippen molar-refractivity contribution in [3.8, 4) is 11.5 Å². The summed E-state index contributed by atoms with van der Waals surface area (Å²) in [5, 5.41) is 0.975. The second-order valence-electron chi connectivity index (χ2n) is 7.42. The predicted molar refractivity (Wildman–Crippen MR) is 114 cm³/mol. The molecule has 2 aromatic carbocycles. The lowest BCUT2D eigenvalue weighted by atomic mass is 10.2. The molecular weight excluding hydrogens is 388 g/mol. The van der Waals surface area contributed by atoms with Crippen molar-refractivity contribution in [1.29, 1.82) is 0 Å². The van der Waals surface area contributed by atoms with Crippen molar-refractivity contribution in [1.82, 2.24) is 8.87 Å². The van der Waals surface area contributed by atoms with E-state index in [2.05, 4.69) is 4.90 Å². The first-order chi connectivity index (χ1) is 14.0. The summed E-state index contributed by atoms with van der Waals surface area (Å²) in [6, 6.07) is 15.2. The van der Waals surface area contributed by atoms with E-state index in [1.165, 1.54) is 3.97 Å². The zero-order valence-electron chi connectivity index (χ0n) is 16.7. The van der Waals surface area contributed by atoms with Gasteiger partial charge in [-0.3, -0.25) is 4.90 Å². The van der Waals surface area contributed by atoms with Crippen molar-refractivity contribution in [2.24, 2.45) is 0 Å². The lowest BCUT2D eigenvalue weighted by molar-refractivity contribution is 0.195. The zero-order chi connectivity index (χ0) is 20.4. The summed E-state index contributed by atoms with van der Waals surface area (Å²) >= 11 is 0. The first kappa shape index (κ1) is 19.8. The third-order valence-corrected chi connectivity index (χ3v) is 7.03. The Labute approximate surface area is 171 Å². The molecule has 6 nitrogen and oxygen atoms in total. The summed E-state index contributed by atoms with van der Waals surface area (Å²) < 4.78 is 38.8. The monoisotopic (exact) mass is 414 g/mol. The summed E-state index contributed by atoms with van der Waals surface area (Å²) in [7, 11) is -1.80. The molecule has 7 heteroatoms. The highest BCUT2D eigenvalue weighted by molar-refractivity contribution is 7.90. The van der Waals surface area contributed by atoms with Gasteiger partial charge in [0.25, 0.3) is 0 Å². The molecule has 1 atom stereocenters. The molecule has 4 rings (SSSR count). The number of fused-ring (bicyclic) bond motifs is 1. The molecule has 1 saturated heterocycles. The number of aryl methyl sites for hydroxylation is 1. The van der Waals surface area contributed by atoms with Gasteiger partial charge >= 0.3 is 0 Å². The summed E-state index contributed by atoms with van der Waals surface area (Å²) in [5.74, 6) is 1.51. The van der Waals surface area contributed by atoms with Crippen molar-refractivity contribution >= 4 is 20.9 Å². The molecule has 1 unspecified atom stereocenters. The van der Waals surface area contributed by atoms with E-state index >= 15 is 0 Å². The Balaban J connectivity index is 1.39. The van der Waals surface area contributed by atoms with E-state index in [1.807, 2.05) is 55.5 Å². The maximum Gasteiger partial charge on any atom is 0.240 e. The van der Waals surface area contributed by atoms with Crippen molar-refractivity contribution in [3.63, 3.8) is 0 Å². The summed E-state index contributed by atoms with van der Waals surface area (Å²) in [6.07, 6.45) is 2.62. The van der Waals surface area contributed by atoms with Gasteiger partial charge in [0.2, 0.25) is 10.0 Å². The van der Waals surface area contributed by atoms with Crippen LogP contribution in [0.4, 0.5) is 0 Å². The van der Waals surface area contributed by atoms with E-state index in [0.29, 0.717) is 18.8 Å². The van der Waals surface area contributed by atoms with Crippen LogP contribution in [0.25, 0.3) is 10.9 Å². The van der Waals surface area contributed by atoms with E-state index in [9.17, 15) is 8.42 Å². The molecule has 1 fully saturated rings. The predicted octanol–water partition coefficient (Wildman–Crippen LogP) is 3.29. The van der Waals surface area contributed by atoms with E-state index < -0.39 is 10.0 Å². The first-order valence-corrected chi connectivity index (χ1v) is 11.4. The van der Waals surface area contributed by atoms with E-state index in [0.717, 1.165) is 35.2 Å². The quantitative estimate of drug-likeness (QED) is 0.594. The van der Waals surface area contributed by atoms with Crippen LogP contribution in [0, 0.1) is 6.92 Å². The lowest BCUT2D eigenvalue weighted by Gasteiger charge is -2.18. The molecule has 0 bridgehead atoms. The number of aromatic nitrogens is 1. The van der Waals surface area contributed by atoms with Crippen LogP contribution in [0.3, 0.4) is 0 Å². The van der Waals surface area contributed by atoms with Gasteiger partial charge in [0, 0.05) is 31.2 Å². The van der Waals surface area contributed by atoms with Crippen LogP contribution in [0.5, 0.6) is 11.5 Å². The lowest BCUT2D eigenvalue weighted by Crippen LogP contribution is -2.31. The molecule has 1 aromatic heterocycles. The number of para-hydroxylation sites is 3. The topological polar surface area (TPSA) is 60.8 Å². The molecule has 0 amide bonds. The van der Waals surface area contributed by atoms with E-state index in [1.54, 1.807) is 13.3 Å². The molecule has 0 saturated carbocycles. The van der Waals surface area contributed by atoms with Crippen LogP contribution < -0.4 is 9.47 Å². The van der Waals surface area contributed by atoms with Gasteiger partial charge in [-0.2, -0.15) is 0 Å². The number of benzene rings is 2. The normalized spacial score (nSPS) is 17.7. The molecule has 0 N–H and O–H groups in total. The maximum absolute atomic E-state index is 13.0. The average Bonchev–Trinajstić information content (AvgIpc) is 3.32. The van der Waals surface area contributed by atoms with Gasteiger partial charge in [0.1, 0.15) is 6.10 Å². The minimum Gasteiger partial charge on any atom is -0.493 e. The Kier molecular flexibility index (Phi) is 5.52. The number of nitrogens with zero attached hydrogens (tertiary/aromatic N) is 2. The smallest absolute Gasteiger partial charge is 0.240 e. The van der Waals surface area contributed by atoms with Crippen LogP contribution in [0.2, 0.25) is 0 Å². The first-order valence-electron chi connectivity index (χ1n) is 9.80. The number of methoxy groups -OCH3 is 1. The Morgan fingerprint density at radius 2 is 1.79 bits per heavy atom. The van der Waals surface area contributed by atoms with Gasteiger partial charge < -0.3 is 9.47 Å². The fourth-order valence-electron chi connectivity index (χ4n) is 3.88. The van der Waals surface area contributed by atoms with Crippen LogP contribution in [-0.2, 0) is 10.0 Å². The van der Waals surface area contributed by atoms with Crippen molar-refractivity contribution in [2.75, 3.05) is 32.5 Å². The minimum atomic E-state index is -3.43. The Morgan fingerprint density at radius 3 is 2.59 bits per heavy atom. The SMILES string of the molecule is COc1ccccc1OC1CCN(CCS(=O)(=O)n2cc(C)c3ccccc32)C1. The summed E-state index contributed by atoms with van der Waals surface area (Å²) in [4.78, 5) is 2.15. The van der Waals surface area contributed by atoms with Gasteiger partial charge in [-0.25, -0.2) is 12.4 Å². The van der Waals surface area contributed by atoms with Crippen LogP contribution >= 0.6 is 0 Å². The summed E-state index contributed by atoms with van der Waals surface area (Å²) in [6.45, 7) is 3.95. The van der Waals surface area contributed by atoms with Crippen LogP contribution in [0.1, 0.15) is 12.0 Å². The molecule has 0 spiro atoms. The highest BCUT2D eigenvalue weighted by Gasteiger charge is 2.27. The number of likely N-dealkylation sites (tertiary alicyclic amines) is 1. The molecular formula is C22H26N2O4S. The maximum atomic E-state index is 13.0. The third-order valence-electron chi connectivity index (χ3n) is 5.43. The van der Waals surface area contributed by atoms with Crippen molar-refractivity contribution in [3.05, 3.63) is 60.3 Å². The van der Waals surface area contributed by atoms with Crippen LogP contribution in [-0.4, -0.2) is 55.9 Å². The number of hydrogen-bond donors (Lipinski definition) is 0. The summed E-state index contributed by atoms with van der Waals surface area (Å²) in [5.41, 5.74) is 1.71. The van der Waals surface area contributed by atoms with Gasteiger partial charge in [-0.15, -0.1) is 0 Å². The third kappa shape index (κ3) is 4.11. The molecule has 1 aliphatic heterocycles. The molecule has 154 valence electrons. The largest absolute Gasteiger partial charge is 0.493 e. The number of ether oxygens (including phenoxy) is 2. The number of hydrogen-bond acceptors (Lipinski definition) is 5. The van der Waals surface area contributed by atoms with Gasteiger partial charge in [-0.05, 0) is 37.1 Å². The van der Waals surface area contributed by atoms with Crippen molar-refractivity contribution < 1.29 is 17.9 Å².